The lowest BCUT2D eigenvalue weighted by Crippen LogP contribution is -2.22. The van der Waals surface area contributed by atoms with Crippen molar-refractivity contribution in [3.63, 3.8) is 0 Å². The number of likely N-dealkylation sites (N-methyl/N-ethyl adjacent to an activating group) is 1. The molecule has 0 bridgehead atoms. The summed E-state index contributed by atoms with van der Waals surface area (Å²) in [6, 6.07) is 17.3. The van der Waals surface area contributed by atoms with Gasteiger partial charge in [0, 0.05) is 6.04 Å². The van der Waals surface area contributed by atoms with Crippen LogP contribution in [0.15, 0.2) is 54.6 Å². The second-order valence-electron chi connectivity index (χ2n) is 4.35. The van der Waals surface area contributed by atoms with Crippen LogP contribution in [0.2, 0.25) is 0 Å². The van der Waals surface area contributed by atoms with Crippen molar-refractivity contribution in [2.45, 2.75) is 19.4 Å². The number of hydrogen-bond donors (Lipinski definition) is 1. The van der Waals surface area contributed by atoms with E-state index in [1.54, 1.807) is 0 Å². The fraction of sp³-hybridized carbons (Fsp3) is 0.250. The van der Waals surface area contributed by atoms with E-state index >= 15 is 0 Å². The maximum absolute atomic E-state index is 12.9. The predicted octanol–water partition coefficient (Wildman–Crippen LogP) is 3.72. The van der Waals surface area contributed by atoms with Crippen molar-refractivity contribution in [2.24, 2.45) is 0 Å². The zero-order valence-corrected chi connectivity index (χ0v) is 10.6. The minimum atomic E-state index is -0.186. The molecule has 0 saturated carbocycles. The van der Waals surface area contributed by atoms with Gasteiger partial charge in [-0.1, -0.05) is 49.4 Å². The molecule has 1 N–H and O–H groups in total. The van der Waals surface area contributed by atoms with Gasteiger partial charge in [0.25, 0.3) is 0 Å². The molecule has 1 atom stereocenters. The summed E-state index contributed by atoms with van der Waals surface area (Å²) in [6.45, 7) is 2.98. The molecule has 18 heavy (non-hydrogen) atoms. The summed E-state index contributed by atoms with van der Waals surface area (Å²) < 4.78 is 12.9. The van der Waals surface area contributed by atoms with Crippen molar-refractivity contribution >= 4 is 0 Å². The van der Waals surface area contributed by atoms with Crippen molar-refractivity contribution in [3.8, 4) is 0 Å². The van der Waals surface area contributed by atoms with E-state index < -0.39 is 0 Å². The molecule has 2 rings (SSSR count). The molecule has 0 radical (unpaired) electrons. The van der Waals surface area contributed by atoms with Crippen molar-refractivity contribution in [1.29, 1.82) is 0 Å². The Labute approximate surface area is 108 Å². The highest BCUT2D eigenvalue weighted by atomic mass is 19.1. The normalized spacial score (nSPS) is 12.3. The summed E-state index contributed by atoms with van der Waals surface area (Å²) >= 11 is 0. The van der Waals surface area contributed by atoms with Crippen LogP contribution in [-0.2, 0) is 6.42 Å². The Morgan fingerprint density at radius 1 is 1.00 bits per heavy atom. The highest BCUT2D eigenvalue weighted by molar-refractivity contribution is 5.24. The van der Waals surface area contributed by atoms with Crippen LogP contribution in [-0.4, -0.2) is 6.54 Å². The molecule has 0 heterocycles. The molecule has 2 aromatic rings. The molecular weight excluding hydrogens is 225 g/mol. The van der Waals surface area contributed by atoms with Gasteiger partial charge < -0.3 is 5.32 Å². The summed E-state index contributed by atoms with van der Waals surface area (Å²) in [5.74, 6) is -0.186. The lowest BCUT2D eigenvalue weighted by atomic mass is 9.99. The zero-order valence-electron chi connectivity index (χ0n) is 10.6. The Kier molecular flexibility index (Phi) is 4.48. The van der Waals surface area contributed by atoms with E-state index in [1.807, 2.05) is 30.3 Å². The standard InChI is InChI=1S/C16H18FN/c1-2-18-16(12-13-6-4-3-5-7-13)14-8-10-15(17)11-9-14/h3-11,16,18H,2,12H2,1H3. The van der Waals surface area contributed by atoms with E-state index in [4.69, 9.17) is 0 Å². The van der Waals surface area contributed by atoms with Crippen LogP contribution in [0.25, 0.3) is 0 Å². The number of benzene rings is 2. The molecule has 0 fully saturated rings. The molecule has 1 nitrogen and oxygen atoms in total. The van der Waals surface area contributed by atoms with E-state index in [0.717, 1.165) is 18.5 Å². The molecule has 0 amide bonds. The Bertz CT molecular complexity index is 464. The first kappa shape index (κ1) is 12.8. The van der Waals surface area contributed by atoms with Crippen LogP contribution in [0.5, 0.6) is 0 Å². The van der Waals surface area contributed by atoms with Crippen LogP contribution < -0.4 is 5.32 Å². The molecule has 0 aliphatic carbocycles. The van der Waals surface area contributed by atoms with Gasteiger partial charge in [-0.3, -0.25) is 0 Å². The molecule has 0 spiro atoms. The van der Waals surface area contributed by atoms with E-state index in [9.17, 15) is 4.39 Å². The minimum absolute atomic E-state index is 0.186. The zero-order chi connectivity index (χ0) is 12.8. The van der Waals surface area contributed by atoms with Gasteiger partial charge in [-0.25, -0.2) is 4.39 Å². The summed E-state index contributed by atoms with van der Waals surface area (Å²) in [5, 5.41) is 3.44. The molecule has 0 aliphatic rings. The van der Waals surface area contributed by atoms with Crippen molar-refractivity contribution < 1.29 is 4.39 Å². The fourth-order valence-electron chi connectivity index (χ4n) is 2.10. The molecule has 2 aromatic carbocycles. The average Bonchev–Trinajstić information content (AvgIpc) is 2.40. The number of nitrogens with one attached hydrogen (secondary N) is 1. The van der Waals surface area contributed by atoms with E-state index in [-0.39, 0.29) is 11.9 Å². The SMILES string of the molecule is CCNC(Cc1ccccc1)c1ccc(F)cc1. The predicted molar refractivity (Wildman–Crippen MR) is 73.0 cm³/mol. The van der Waals surface area contributed by atoms with Crippen molar-refractivity contribution in [2.75, 3.05) is 6.54 Å². The molecule has 0 aliphatic heterocycles. The lowest BCUT2D eigenvalue weighted by molar-refractivity contribution is 0.547. The maximum atomic E-state index is 12.9. The topological polar surface area (TPSA) is 12.0 Å². The summed E-state index contributed by atoms with van der Waals surface area (Å²) in [4.78, 5) is 0. The average molecular weight is 243 g/mol. The van der Waals surface area contributed by atoms with Crippen LogP contribution >= 0.6 is 0 Å². The first-order valence-electron chi connectivity index (χ1n) is 6.32. The van der Waals surface area contributed by atoms with Gasteiger partial charge >= 0.3 is 0 Å². The number of hydrogen-bond acceptors (Lipinski definition) is 1. The second-order valence-corrected chi connectivity index (χ2v) is 4.35. The molecule has 2 heteroatoms. The van der Waals surface area contributed by atoms with Crippen LogP contribution in [0.4, 0.5) is 4.39 Å². The number of rotatable bonds is 5. The highest BCUT2D eigenvalue weighted by Gasteiger charge is 2.10. The molecule has 1 unspecified atom stereocenters. The van der Waals surface area contributed by atoms with Gasteiger partial charge in [0.1, 0.15) is 5.82 Å². The maximum Gasteiger partial charge on any atom is 0.123 e. The second kappa shape index (κ2) is 6.31. The largest absolute Gasteiger partial charge is 0.310 e. The third-order valence-electron chi connectivity index (χ3n) is 3.01. The monoisotopic (exact) mass is 243 g/mol. The molecule has 94 valence electrons. The first-order chi connectivity index (χ1) is 8.79. The van der Waals surface area contributed by atoms with Gasteiger partial charge in [-0.2, -0.15) is 0 Å². The quantitative estimate of drug-likeness (QED) is 0.844. The van der Waals surface area contributed by atoms with Gasteiger partial charge in [0.15, 0.2) is 0 Å². The van der Waals surface area contributed by atoms with E-state index in [1.165, 1.54) is 17.7 Å². The molecule has 0 saturated heterocycles. The lowest BCUT2D eigenvalue weighted by Gasteiger charge is -2.18. The van der Waals surface area contributed by atoms with E-state index in [0.29, 0.717) is 0 Å². The van der Waals surface area contributed by atoms with Gasteiger partial charge in [-0.15, -0.1) is 0 Å². The first-order valence-corrected chi connectivity index (χ1v) is 6.32. The highest BCUT2D eigenvalue weighted by Crippen LogP contribution is 2.18. The van der Waals surface area contributed by atoms with Crippen molar-refractivity contribution in [1.82, 2.24) is 5.32 Å². The third kappa shape index (κ3) is 3.41. The minimum Gasteiger partial charge on any atom is -0.310 e. The van der Waals surface area contributed by atoms with Crippen LogP contribution in [0, 0.1) is 5.82 Å². The van der Waals surface area contributed by atoms with Gasteiger partial charge in [0.2, 0.25) is 0 Å². The third-order valence-corrected chi connectivity index (χ3v) is 3.01. The smallest absolute Gasteiger partial charge is 0.123 e. The Morgan fingerprint density at radius 3 is 2.28 bits per heavy atom. The van der Waals surface area contributed by atoms with Crippen LogP contribution in [0.1, 0.15) is 24.1 Å². The van der Waals surface area contributed by atoms with Crippen LogP contribution in [0.3, 0.4) is 0 Å². The summed E-state index contributed by atoms with van der Waals surface area (Å²) in [6.07, 6.45) is 0.917. The fourth-order valence-corrected chi connectivity index (χ4v) is 2.10. The van der Waals surface area contributed by atoms with Gasteiger partial charge in [0.05, 0.1) is 0 Å². The Balaban J connectivity index is 2.15. The Hall–Kier alpha value is -1.67. The summed E-state index contributed by atoms with van der Waals surface area (Å²) in [5.41, 5.74) is 2.41. The van der Waals surface area contributed by atoms with Gasteiger partial charge in [-0.05, 0) is 36.2 Å². The van der Waals surface area contributed by atoms with Crippen molar-refractivity contribution in [3.05, 3.63) is 71.5 Å². The molecular formula is C16H18FN. The number of halogens is 1. The van der Waals surface area contributed by atoms with E-state index in [2.05, 4.69) is 24.4 Å². The molecule has 0 aromatic heterocycles. The summed E-state index contributed by atoms with van der Waals surface area (Å²) in [7, 11) is 0. The Morgan fingerprint density at radius 2 is 1.67 bits per heavy atom.